The van der Waals surface area contributed by atoms with E-state index in [9.17, 15) is 17.2 Å². The van der Waals surface area contributed by atoms with E-state index >= 15 is 0 Å². The lowest BCUT2D eigenvalue weighted by Gasteiger charge is -2.12. The number of halogens is 2. The molecule has 4 nitrogen and oxygen atoms in total. The summed E-state index contributed by atoms with van der Waals surface area (Å²) in [6.45, 7) is 1.37. The number of nitrogens with one attached hydrogen (secondary N) is 2. The Bertz CT molecular complexity index is 545. The number of alkyl halides is 2. The van der Waals surface area contributed by atoms with E-state index in [2.05, 4.69) is 10.6 Å². The van der Waals surface area contributed by atoms with Crippen LogP contribution in [0.3, 0.4) is 0 Å². The van der Waals surface area contributed by atoms with Gasteiger partial charge in [0, 0.05) is 12.6 Å². The monoisotopic (exact) mass is 304 g/mol. The topological polar surface area (TPSA) is 58.2 Å². The molecule has 0 atom stereocenters. The maximum absolute atomic E-state index is 12.6. The third-order valence-corrected chi connectivity index (χ3v) is 4.55. The van der Waals surface area contributed by atoms with Crippen LogP contribution in [0, 0.1) is 0 Å². The SMILES string of the molecule is O=S(=O)(c1ccccc1NCCCNC1CC1)C(F)F. The quantitative estimate of drug-likeness (QED) is 0.723. The minimum Gasteiger partial charge on any atom is -0.384 e. The zero-order chi connectivity index (χ0) is 14.6. The van der Waals surface area contributed by atoms with Crippen molar-refractivity contribution in [3.8, 4) is 0 Å². The molecule has 0 bridgehead atoms. The second-order valence-electron chi connectivity index (χ2n) is 4.81. The minimum atomic E-state index is -4.57. The lowest BCUT2D eigenvalue weighted by atomic mass is 10.3. The van der Waals surface area contributed by atoms with Gasteiger partial charge >= 0.3 is 5.76 Å². The van der Waals surface area contributed by atoms with E-state index in [-0.39, 0.29) is 10.6 Å². The smallest absolute Gasteiger partial charge is 0.341 e. The van der Waals surface area contributed by atoms with Gasteiger partial charge in [0.1, 0.15) is 0 Å². The fraction of sp³-hybridized carbons (Fsp3) is 0.538. The third-order valence-electron chi connectivity index (χ3n) is 3.11. The van der Waals surface area contributed by atoms with Crippen molar-refractivity contribution in [3.05, 3.63) is 24.3 Å². The van der Waals surface area contributed by atoms with Gasteiger partial charge in [-0.25, -0.2) is 8.42 Å². The molecule has 0 unspecified atom stereocenters. The Morgan fingerprint density at radius 3 is 2.55 bits per heavy atom. The highest BCUT2D eigenvalue weighted by Gasteiger charge is 2.28. The van der Waals surface area contributed by atoms with E-state index in [1.54, 1.807) is 6.07 Å². The molecule has 0 radical (unpaired) electrons. The molecule has 7 heteroatoms. The normalized spacial score (nSPS) is 15.6. The van der Waals surface area contributed by atoms with E-state index in [1.165, 1.54) is 31.0 Å². The first-order chi connectivity index (χ1) is 9.51. The van der Waals surface area contributed by atoms with Gasteiger partial charge in [0.25, 0.3) is 0 Å². The molecule has 1 aromatic carbocycles. The number of anilines is 1. The second kappa shape index (κ2) is 6.49. The predicted molar refractivity (Wildman–Crippen MR) is 73.8 cm³/mol. The van der Waals surface area contributed by atoms with Crippen molar-refractivity contribution in [3.63, 3.8) is 0 Å². The average molecular weight is 304 g/mol. The Morgan fingerprint density at radius 2 is 1.90 bits per heavy atom. The molecule has 20 heavy (non-hydrogen) atoms. The summed E-state index contributed by atoms with van der Waals surface area (Å²) < 4.78 is 48.3. The summed E-state index contributed by atoms with van der Waals surface area (Å²) in [7, 11) is -4.57. The fourth-order valence-corrected chi connectivity index (χ4v) is 2.77. The van der Waals surface area contributed by atoms with Crippen molar-refractivity contribution < 1.29 is 17.2 Å². The standard InChI is InChI=1S/C13H18F2N2O2S/c14-13(15)20(18,19)12-5-2-1-4-11(12)17-9-3-8-16-10-6-7-10/h1-2,4-5,10,13,16-17H,3,6-9H2. The van der Waals surface area contributed by atoms with Crippen LogP contribution in [0.2, 0.25) is 0 Å². The number of para-hydroxylation sites is 1. The zero-order valence-electron chi connectivity index (χ0n) is 11.0. The molecule has 2 rings (SSSR count). The zero-order valence-corrected chi connectivity index (χ0v) is 11.8. The molecular formula is C13H18F2N2O2S. The first-order valence-electron chi connectivity index (χ1n) is 6.60. The van der Waals surface area contributed by atoms with E-state index in [0.29, 0.717) is 12.6 Å². The van der Waals surface area contributed by atoms with Crippen molar-refractivity contribution in [1.82, 2.24) is 5.32 Å². The maximum Gasteiger partial charge on any atom is 0.341 e. The van der Waals surface area contributed by atoms with Crippen LogP contribution in [0.5, 0.6) is 0 Å². The number of hydrogen-bond donors (Lipinski definition) is 2. The van der Waals surface area contributed by atoms with Gasteiger partial charge in [-0.1, -0.05) is 12.1 Å². The molecule has 2 N–H and O–H groups in total. The highest BCUT2D eigenvalue weighted by Crippen LogP contribution is 2.26. The molecule has 1 fully saturated rings. The van der Waals surface area contributed by atoms with E-state index < -0.39 is 15.6 Å². The van der Waals surface area contributed by atoms with Gasteiger partial charge in [-0.05, 0) is 37.9 Å². The van der Waals surface area contributed by atoms with Gasteiger partial charge in [-0.2, -0.15) is 8.78 Å². The molecular weight excluding hydrogens is 286 g/mol. The van der Waals surface area contributed by atoms with Crippen LogP contribution >= 0.6 is 0 Å². The Kier molecular flexibility index (Phi) is 4.93. The lowest BCUT2D eigenvalue weighted by molar-refractivity contribution is 0.235. The van der Waals surface area contributed by atoms with Gasteiger partial charge in [-0.15, -0.1) is 0 Å². The lowest BCUT2D eigenvalue weighted by Crippen LogP contribution is -2.20. The first kappa shape index (κ1) is 15.2. The number of sulfone groups is 1. The van der Waals surface area contributed by atoms with Gasteiger partial charge in [0.05, 0.1) is 10.6 Å². The van der Waals surface area contributed by atoms with Gasteiger partial charge in [0.2, 0.25) is 9.84 Å². The summed E-state index contributed by atoms with van der Waals surface area (Å²) >= 11 is 0. The molecule has 0 aliphatic heterocycles. The van der Waals surface area contributed by atoms with E-state index in [4.69, 9.17) is 0 Å². The number of hydrogen-bond acceptors (Lipinski definition) is 4. The van der Waals surface area contributed by atoms with Crippen LogP contribution in [-0.2, 0) is 9.84 Å². The van der Waals surface area contributed by atoms with Crippen molar-refractivity contribution in [2.75, 3.05) is 18.4 Å². The van der Waals surface area contributed by atoms with Crippen LogP contribution in [0.1, 0.15) is 19.3 Å². The van der Waals surface area contributed by atoms with Gasteiger partial charge in [0.15, 0.2) is 0 Å². The highest BCUT2D eigenvalue weighted by atomic mass is 32.2. The molecule has 0 heterocycles. The Morgan fingerprint density at radius 1 is 1.20 bits per heavy atom. The maximum atomic E-state index is 12.6. The molecule has 1 aliphatic rings. The Hall–Kier alpha value is -1.21. The molecule has 0 spiro atoms. The molecule has 112 valence electrons. The molecule has 1 aromatic rings. The fourth-order valence-electron chi connectivity index (χ4n) is 1.86. The Balaban J connectivity index is 1.93. The van der Waals surface area contributed by atoms with E-state index in [0.717, 1.165) is 13.0 Å². The van der Waals surface area contributed by atoms with Crippen molar-refractivity contribution in [1.29, 1.82) is 0 Å². The predicted octanol–water partition coefficient (Wildman–Crippen LogP) is 2.24. The van der Waals surface area contributed by atoms with Gasteiger partial charge in [-0.3, -0.25) is 0 Å². The van der Waals surface area contributed by atoms with Crippen LogP contribution in [0.25, 0.3) is 0 Å². The van der Waals surface area contributed by atoms with Crippen LogP contribution < -0.4 is 10.6 Å². The highest BCUT2D eigenvalue weighted by molar-refractivity contribution is 7.91. The summed E-state index contributed by atoms with van der Waals surface area (Å²) in [5, 5.41) is 6.24. The summed E-state index contributed by atoms with van der Waals surface area (Å²) in [5.41, 5.74) is 0.235. The van der Waals surface area contributed by atoms with Crippen LogP contribution in [-0.4, -0.2) is 33.3 Å². The Labute approximate surface area is 117 Å². The van der Waals surface area contributed by atoms with Crippen molar-refractivity contribution >= 4 is 15.5 Å². The van der Waals surface area contributed by atoms with Crippen LogP contribution in [0.15, 0.2) is 29.2 Å². The molecule has 1 saturated carbocycles. The molecule has 0 aromatic heterocycles. The van der Waals surface area contributed by atoms with Crippen LogP contribution in [0.4, 0.5) is 14.5 Å². The summed E-state index contributed by atoms with van der Waals surface area (Å²) in [4.78, 5) is -0.342. The number of benzene rings is 1. The summed E-state index contributed by atoms with van der Waals surface area (Å²) in [5.74, 6) is -3.40. The van der Waals surface area contributed by atoms with Crippen molar-refractivity contribution in [2.45, 2.75) is 36.0 Å². The van der Waals surface area contributed by atoms with Gasteiger partial charge < -0.3 is 10.6 Å². The van der Waals surface area contributed by atoms with E-state index in [1.807, 2.05) is 0 Å². The third kappa shape index (κ3) is 3.89. The molecule has 1 aliphatic carbocycles. The average Bonchev–Trinajstić information content (AvgIpc) is 3.22. The molecule has 0 saturated heterocycles. The summed E-state index contributed by atoms with van der Waals surface area (Å²) in [6.07, 6.45) is 3.23. The minimum absolute atomic E-state index is 0.235. The molecule has 0 amide bonds. The number of rotatable bonds is 8. The first-order valence-corrected chi connectivity index (χ1v) is 8.15. The largest absolute Gasteiger partial charge is 0.384 e. The second-order valence-corrected chi connectivity index (χ2v) is 6.70. The van der Waals surface area contributed by atoms with Crippen molar-refractivity contribution in [2.24, 2.45) is 0 Å². The summed E-state index contributed by atoms with van der Waals surface area (Å²) in [6, 6.07) is 6.39.